The highest BCUT2D eigenvalue weighted by Gasteiger charge is 2.06. The molecule has 0 saturated heterocycles. The summed E-state index contributed by atoms with van der Waals surface area (Å²) in [5, 5.41) is 3.93. The Kier molecular flexibility index (Phi) is 2.99. The Morgan fingerprint density at radius 3 is 2.82 bits per heavy atom. The van der Waals surface area contributed by atoms with Crippen LogP contribution in [0, 0.1) is 0 Å². The quantitative estimate of drug-likeness (QED) is 0.755. The Morgan fingerprint density at radius 2 is 2.29 bits per heavy atom. The lowest BCUT2D eigenvalue weighted by molar-refractivity contribution is 0.0600. The number of carbonyl (C=O) groups is 1. The van der Waals surface area contributed by atoms with E-state index >= 15 is 0 Å². The van der Waals surface area contributed by atoms with Gasteiger partial charge in [-0.3, -0.25) is 4.98 Å². The summed E-state index contributed by atoms with van der Waals surface area (Å²) in [6.45, 7) is 0.450. The molecule has 2 heterocycles. The van der Waals surface area contributed by atoms with Gasteiger partial charge in [-0.05, 0) is 12.1 Å². The van der Waals surface area contributed by atoms with Gasteiger partial charge >= 0.3 is 5.97 Å². The average Bonchev–Trinajstić information content (AvgIpc) is 2.75. The van der Waals surface area contributed by atoms with Gasteiger partial charge in [-0.15, -0.1) is 5.10 Å². The first-order valence-electron chi connectivity index (χ1n) is 4.87. The van der Waals surface area contributed by atoms with Crippen LogP contribution in [0.15, 0.2) is 24.7 Å². The lowest BCUT2D eigenvalue weighted by Crippen LogP contribution is -2.06. The molecule has 0 bridgehead atoms. The molecule has 0 amide bonds. The SMILES string of the molecule is COC(=O)c1ccc(Cn2cnc(N)n2)nc1. The van der Waals surface area contributed by atoms with E-state index < -0.39 is 5.97 Å². The molecule has 7 heteroatoms. The van der Waals surface area contributed by atoms with Gasteiger partial charge in [0, 0.05) is 6.20 Å². The van der Waals surface area contributed by atoms with Gasteiger partial charge in [0.25, 0.3) is 0 Å². The number of aromatic nitrogens is 4. The van der Waals surface area contributed by atoms with Crippen LogP contribution >= 0.6 is 0 Å². The van der Waals surface area contributed by atoms with E-state index in [9.17, 15) is 4.79 Å². The van der Waals surface area contributed by atoms with Gasteiger partial charge in [-0.1, -0.05) is 0 Å². The van der Waals surface area contributed by atoms with E-state index in [2.05, 4.69) is 19.8 Å². The number of hydrogen-bond donors (Lipinski definition) is 1. The molecule has 0 aliphatic heterocycles. The van der Waals surface area contributed by atoms with Crippen molar-refractivity contribution in [1.29, 1.82) is 0 Å². The molecule has 0 spiro atoms. The number of nitrogen functional groups attached to an aromatic ring is 1. The lowest BCUT2D eigenvalue weighted by Gasteiger charge is -2.02. The summed E-state index contributed by atoms with van der Waals surface area (Å²) in [6.07, 6.45) is 2.98. The monoisotopic (exact) mass is 233 g/mol. The summed E-state index contributed by atoms with van der Waals surface area (Å²) in [5.74, 6) is -0.190. The van der Waals surface area contributed by atoms with Crippen LogP contribution in [0.4, 0.5) is 5.95 Å². The van der Waals surface area contributed by atoms with Crippen LogP contribution in [0.1, 0.15) is 16.1 Å². The molecule has 2 aromatic rings. The fraction of sp³-hybridized carbons (Fsp3) is 0.200. The highest BCUT2D eigenvalue weighted by Crippen LogP contribution is 2.03. The number of pyridine rings is 1. The predicted octanol–water partition coefficient (Wildman–Crippen LogP) is 0.0902. The third-order valence-corrected chi connectivity index (χ3v) is 2.12. The fourth-order valence-electron chi connectivity index (χ4n) is 1.31. The van der Waals surface area contributed by atoms with E-state index in [1.54, 1.807) is 16.8 Å². The molecule has 0 fully saturated rings. The second kappa shape index (κ2) is 4.60. The minimum absolute atomic E-state index is 0.219. The molecule has 17 heavy (non-hydrogen) atoms. The first kappa shape index (κ1) is 11.1. The lowest BCUT2D eigenvalue weighted by atomic mass is 10.2. The number of methoxy groups -OCH3 is 1. The number of ether oxygens (including phenoxy) is 1. The molecular formula is C10H11N5O2. The van der Waals surface area contributed by atoms with Gasteiger partial charge in [-0.2, -0.15) is 0 Å². The second-order valence-corrected chi connectivity index (χ2v) is 3.33. The van der Waals surface area contributed by atoms with Crippen molar-refractivity contribution in [2.24, 2.45) is 0 Å². The topological polar surface area (TPSA) is 95.9 Å². The van der Waals surface area contributed by atoms with Gasteiger partial charge in [-0.25, -0.2) is 14.5 Å². The molecule has 0 saturated carbocycles. The molecule has 0 unspecified atom stereocenters. The van der Waals surface area contributed by atoms with Gasteiger partial charge in [0.1, 0.15) is 6.33 Å². The van der Waals surface area contributed by atoms with Crippen molar-refractivity contribution < 1.29 is 9.53 Å². The van der Waals surface area contributed by atoms with Crippen molar-refractivity contribution in [2.45, 2.75) is 6.54 Å². The molecule has 88 valence electrons. The maximum absolute atomic E-state index is 11.2. The second-order valence-electron chi connectivity index (χ2n) is 3.33. The fourth-order valence-corrected chi connectivity index (χ4v) is 1.31. The number of nitrogens with two attached hydrogens (primary N) is 1. The Balaban J connectivity index is 2.10. The van der Waals surface area contributed by atoms with Gasteiger partial charge < -0.3 is 10.5 Å². The van der Waals surface area contributed by atoms with Crippen LogP contribution in [0.3, 0.4) is 0 Å². The first-order valence-corrected chi connectivity index (χ1v) is 4.87. The Hall–Kier alpha value is -2.44. The largest absolute Gasteiger partial charge is 0.465 e. The van der Waals surface area contributed by atoms with Gasteiger partial charge in [0.15, 0.2) is 0 Å². The van der Waals surface area contributed by atoms with E-state index in [0.29, 0.717) is 12.1 Å². The van der Waals surface area contributed by atoms with Crippen molar-refractivity contribution in [3.05, 3.63) is 35.9 Å². The van der Waals surface area contributed by atoms with Crippen LogP contribution in [-0.4, -0.2) is 32.8 Å². The number of rotatable bonds is 3. The number of esters is 1. The minimum atomic E-state index is -0.408. The van der Waals surface area contributed by atoms with Crippen LogP contribution in [0.5, 0.6) is 0 Å². The average molecular weight is 233 g/mol. The van der Waals surface area contributed by atoms with Crippen molar-refractivity contribution in [1.82, 2.24) is 19.7 Å². The van der Waals surface area contributed by atoms with Crippen LogP contribution in [0.25, 0.3) is 0 Å². The van der Waals surface area contributed by atoms with Crippen LogP contribution in [-0.2, 0) is 11.3 Å². The Morgan fingerprint density at radius 1 is 1.47 bits per heavy atom. The van der Waals surface area contributed by atoms with Crippen molar-refractivity contribution in [3.8, 4) is 0 Å². The van der Waals surface area contributed by atoms with E-state index in [1.807, 2.05) is 0 Å². The number of anilines is 1. The molecule has 0 aromatic carbocycles. The molecule has 2 aromatic heterocycles. The first-order chi connectivity index (χ1) is 8.19. The molecule has 0 aliphatic carbocycles. The molecule has 0 atom stereocenters. The van der Waals surface area contributed by atoms with E-state index in [-0.39, 0.29) is 5.95 Å². The van der Waals surface area contributed by atoms with Crippen molar-refractivity contribution in [3.63, 3.8) is 0 Å². The highest BCUT2D eigenvalue weighted by atomic mass is 16.5. The summed E-state index contributed by atoms with van der Waals surface area (Å²) < 4.78 is 6.14. The predicted molar refractivity (Wildman–Crippen MR) is 59.1 cm³/mol. The standard InChI is InChI=1S/C10H11N5O2/c1-17-9(16)7-2-3-8(12-4-7)5-15-6-13-10(11)14-15/h2-4,6H,5H2,1H3,(H2,11,14). The minimum Gasteiger partial charge on any atom is -0.465 e. The van der Waals surface area contributed by atoms with Gasteiger partial charge in [0.05, 0.1) is 24.9 Å². The van der Waals surface area contributed by atoms with Crippen molar-refractivity contribution in [2.75, 3.05) is 12.8 Å². The Labute approximate surface area is 97.2 Å². The molecule has 2 rings (SSSR count). The van der Waals surface area contributed by atoms with E-state index in [4.69, 9.17) is 5.73 Å². The third-order valence-electron chi connectivity index (χ3n) is 2.12. The maximum atomic E-state index is 11.2. The third kappa shape index (κ3) is 2.57. The number of hydrogen-bond acceptors (Lipinski definition) is 6. The summed E-state index contributed by atoms with van der Waals surface area (Å²) in [5.41, 5.74) is 6.55. The van der Waals surface area contributed by atoms with E-state index in [1.165, 1.54) is 19.6 Å². The highest BCUT2D eigenvalue weighted by molar-refractivity contribution is 5.88. The molecule has 0 aliphatic rings. The molecule has 7 nitrogen and oxygen atoms in total. The maximum Gasteiger partial charge on any atom is 0.339 e. The van der Waals surface area contributed by atoms with E-state index in [0.717, 1.165) is 5.69 Å². The normalized spacial score (nSPS) is 10.2. The number of nitrogens with zero attached hydrogens (tertiary/aromatic N) is 4. The summed E-state index contributed by atoms with van der Waals surface area (Å²) in [4.78, 5) is 19.1. The zero-order valence-corrected chi connectivity index (χ0v) is 9.20. The zero-order chi connectivity index (χ0) is 12.3. The summed E-state index contributed by atoms with van der Waals surface area (Å²) in [6, 6.07) is 3.37. The summed E-state index contributed by atoms with van der Waals surface area (Å²) >= 11 is 0. The molecule has 0 radical (unpaired) electrons. The van der Waals surface area contributed by atoms with Crippen LogP contribution < -0.4 is 5.73 Å². The Bertz CT molecular complexity index is 520. The smallest absolute Gasteiger partial charge is 0.339 e. The number of carbonyl (C=O) groups excluding carboxylic acids is 1. The van der Waals surface area contributed by atoms with Gasteiger partial charge in [0.2, 0.25) is 5.95 Å². The van der Waals surface area contributed by atoms with Crippen LogP contribution in [0.2, 0.25) is 0 Å². The molecule has 2 N–H and O–H groups in total. The zero-order valence-electron chi connectivity index (χ0n) is 9.20. The summed E-state index contributed by atoms with van der Waals surface area (Å²) in [7, 11) is 1.33. The van der Waals surface area contributed by atoms with Crippen molar-refractivity contribution >= 4 is 11.9 Å². The molecular weight excluding hydrogens is 222 g/mol.